The normalized spacial score (nSPS) is 10.8. The molecule has 170 valence electrons. The second-order valence-corrected chi connectivity index (χ2v) is 7.41. The van der Waals surface area contributed by atoms with E-state index in [1.807, 2.05) is 0 Å². The van der Waals surface area contributed by atoms with Gasteiger partial charge in [0.25, 0.3) is 0 Å². The van der Waals surface area contributed by atoms with Crippen molar-refractivity contribution in [3.63, 3.8) is 0 Å². The maximum atomic E-state index is 14.3. The highest BCUT2D eigenvalue weighted by Crippen LogP contribution is 2.34. The highest BCUT2D eigenvalue weighted by Gasteiger charge is 2.14. The van der Waals surface area contributed by atoms with Gasteiger partial charge in [-0.3, -0.25) is 4.79 Å². The zero-order chi connectivity index (χ0) is 23.8. The molecule has 0 unspecified atom stereocenters. The van der Waals surface area contributed by atoms with E-state index in [2.05, 4.69) is 53.4 Å². The third-order valence-electron chi connectivity index (χ3n) is 4.25. The number of amides is 3. The van der Waals surface area contributed by atoms with Gasteiger partial charge in [0.15, 0.2) is 0 Å². The molecule has 0 saturated heterocycles. The predicted molar refractivity (Wildman–Crippen MR) is 129 cm³/mol. The van der Waals surface area contributed by atoms with Gasteiger partial charge in [-0.15, -0.1) is 0 Å². The average Bonchev–Trinajstić information content (AvgIpc) is 2.79. The Morgan fingerprint density at radius 1 is 1.24 bits per heavy atom. The lowest BCUT2D eigenvalue weighted by atomic mass is 10.1. The number of aliphatic imine (C=N–C) groups is 1. The first-order chi connectivity index (χ1) is 15.9. The summed E-state index contributed by atoms with van der Waals surface area (Å²) in [7, 11) is 0. The summed E-state index contributed by atoms with van der Waals surface area (Å²) in [5.74, 6) is -0.252. The minimum atomic E-state index is -0.483. The first kappa shape index (κ1) is 23.8. The summed E-state index contributed by atoms with van der Waals surface area (Å²) in [6.07, 6.45) is 3.83. The van der Waals surface area contributed by atoms with Crippen LogP contribution in [0, 0.1) is 5.82 Å². The number of urea groups is 1. The molecule has 9 nitrogen and oxygen atoms in total. The number of nitrogens with zero attached hydrogens (tertiary/aromatic N) is 3. The van der Waals surface area contributed by atoms with Gasteiger partial charge < -0.3 is 20.7 Å². The van der Waals surface area contributed by atoms with Crippen LogP contribution >= 0.6 is 15.9 Å². The Labute approximate surface area is 197 Å². The number of rotatable bonds is 8. The lowest BCUT2D eigenvalue weighted by molar-refractivity contribution is -0.111. The Morgan fingerprint density at radius 2 is 2.06 bits per heavy atom. The third-order valence-corrected chi connectivity index (χ3v) is 4.74. The van der Waals surface area contributed by atoms with Crippen molar-refractivity contribution in [2.24, 2.45) is 4.99 Å². The largest absolute Gasteiger partial charge is 0.489 e. The molecule has 0 atom stereocenters. The molecule has 3 amide bonds. The molecule has 0 saturated carbocycles. The molecule has 0 radical (unpaired) electrons. The van der Waals surface area contributed by atoms with Crippen LogP contribution in [0.15, 0.2) is 58.8 Å². The predicted octanol–water partition coefficient (Wildman–Crippen LogP) is 4.58. The molecule has 33 heavy (non-hydrogen) atoms. The average molecular weight is 515 g/mol. The zero-order valence-corrected chi connectivity index (χ0v) is 19.1. The SMILES string of the molecule is C=CC(=O)Nc1cc2c(Nc3ccc(Br)cc3F)ncnc2cc1OCCNC(=O)N=CC. The van der Waals surface area contributed by atoms with E-state index in [9.17, 15) is 14.0 Å². The number of hydrogen-bond acceptors (Lipinski definition) is 6. The first-order valence-corrected chi connectivity index (χ1v) is 10.5. The van der Waals surface area contributed by atoms with Crippen molar-refractivity contribution < 1.29 is 18.7 Å². The summed E-state index contributed by atoms with van der Waals surface area (Å²) in [4.78, 5) is 35.4. The highest BCUT2D eigenvalue weighted by molar-refractivity contribution is 9.10. The zero-order valence-electron chi connectivity index (χ0n) is 17.6. The van der Waals surface area contributed by atoms with Crippen LogP contribution in [0.1, 0.15) is 6.92 Å². The van der Waals surface area contributed by atoms with E-state index in [1.165, 1.54) is 18.6 Å². The Hall–Kier alpha value is -3.86. The summed E-state index contributed by atoms with van der Waals surface area (Å²) in [5, 5.41) is 8.72. The Morgan fingerprint density at radius 3 is 2.79 bits per heavy atom. The minimum absolute atomic E-state index is 0.119. The van der Waals surface area contributed by atoms with Gasteiger partial charge in [-0.25, -0.2) is 24.1 Å². The maximum Gasteiger partial charge on any atom is 0.340 e. The van der Waals surface area contributed by atoms with Gasteiger partial charge in [-0.05, 0) is 37.3 Å². The summed E-state index contributed by atoms with van der Waals surface area (Å²) in [6, 6.07) is 7.35. The fourth-order valence-corrected chi connectivity index (χ4v) is 3.12. The van der Waals surface area contributed by atoms with E-state index in [-0.39, 0.29) is 18.8 Å². The van der Waals surface area contributed by atoms with Crippen molar-refractivity contribution in [1.29, 1.82) is 0 Å². The van der Waals surface area contributed by atoms with E-state index >= 15 is 0 Å². The molecule has 0 fully saturated rings. The quantitative estimate of drug-likeness (QED) is 0.230. The summed E-state index contributed by atoms with van der Waals surface area (Å²) >= 11 is 3.22. The lowest BCUT2D eigenvalue weighted by Gasteiger charge is -2.15. The number of nitrogens with one attached hydrogen (secondary N) is 3. The van der Waals surface area contributed by atoms with Gasteiger partial charge in [0.1, 0.15) is 30.3 Å². The number of aromatic nitrogens is 2. The van der Waals surface area contributed by atoms with Crippen LogP contribution in [0.5, 0.6) is 5.75 Å². The highest BCUT2D eigenvalue weighted by atomic mass is 79.9. The summed E-state index contributed by atoms with van der Waals surface area (Å²) < 4.78 is 20.7. The molecule has 3 N–H and O–H groups in total. The van der Waals surface area contributed by atoms with Crippen molar-refractivity contribution in [3.05, 3.63) is 59.6 Å². The topological polar surface area (TPSA) is 118 Å². The van der Waals surface area contributed by atoms with Crippen LogP contribution in [0.4, 0.5) is 26.4 Å². The van der Waals surface area contributed by atoms with Crippen LogP contribution in [0.3, 0.4) is 0 Å². The molecular weight excluding hydrogens is 495 g/mol. The number of fused-ring (bicyclic) bond motifs is 1. The molecule has 0 aliphatic rings. The van der Waals surface area contributed by atoms with Crippen molar-refractivity contribution in [1.82, 2.24) is 15.3 Å². The Bertz CT molecular complexity index is 1230. The van der Waals surface area contributed by atoms with E-state index in [0.717, 1.165) is 6.08 Å². The molecule has 3 rings (SSSR count). The molecule has 0 spiro atoms. The molecule has 11 heteroatoms. The fraction of sp³-hybridized carbons (Fsp3) is 0.136. The first-order valence-electron chi connectivity index (χ1n) is 9.74. The molecule has 0 aliphatic heterocycles. The van der Waals surface area contributed by atoms with E-state index < -0.39 is 17.8 Å². The van der Waals surface area contributed by atoms with Gasteiger partial charge in [0.05, 0.1) is 23.4 Å². The minimum Gasteiger partial charge on any atom is -0.489 e. The van der Waals surface area contributed by atoms with Crippen molar-refractivity contribution in [3.8, 4) is 5.75 Å². The monoisotopic (exact) mass is 514 g/mol. The Balaban J connectivity index is 1.91. The van der Waals surface area contributed by atoms with Gasteiger partial charge in [0.2, 0.25) is 5.91 Å². The number of carbonyl (C=O) groups is 2. The molecule has 0 aliphatic carbocycles. The van der Waals surface area contributed by atoms with E-state index in [0.29, 0.717) is 32.6 Å². The molecular formula is C22H20BrFN6O3. The molecule has 1 aromatic heterocycles. The summed E-state index contributed by atoms with van der Waals surface area (Å²) in [5.41, 5.74) is 1.05. The number of carbonyl (C=O) groups excluding carboxylic acids is 2. The summed E-state index contributed by atoms with van der Waals surface area (Å²) in [6.45, 7) is 5.41. The van der Waals surface area contributed by atoms with Crippen molar-refractivity contribution in [2.45, 2.75) is 6.92 Å². The van der Waals surface area contributed by atoms with Crippen LogP contribution < -0.4 is 20.7 Å². The van der Waals surface area contributed by atoms with Crippen molar-refractivity contribution >= 4 is 62.2 Å². The van der Waals surface area contributed by atoms with Crippen molar-refractivity contribution in [2.75, 3.05) is 23.8 Å². The number of benzene rings is 2. The number of halogens is 2. The molecule has 3 aromatic rings. The second kappa shape index (κ2) is 11.1. The molecule has 2 aromatic carbocycles. The smallest absolute Gasteiger partial charge is 0.340 e. The molecule has 0 bridgehead atoms. The fourth-order valence-electron chi connectivity index (χ4n) is 2.78. The number of anilines is 3. The molecule has 1 heterocycles. The van der Waals surface area contributed by atoms with Gasteiger partial charge >= 0.3 is 6.03 Å². The van der Waals surface area contributed by atoms with Gasteiger partial charge in [-0.2, -0.15) is 0 Å². The lowest BCUT2D eigenvalue weighted by Crippen LogP contribution is -2.25. The van der Waals surface area contributed by atoms with Gasteiger partial charge in [0, 0.05) is 22.1 Å². The third kappa shape index (κ3) is 6.32. The maximum absolute atomic E-state index is 14.3. The second-order valence-electron chi connectivity index (χ2n) is 6.50. The van der Waals surface area contributed by atoms with E-state index in [4.69, 9.17) is 4.74 Å². The number of ether oxygens (including phenoxy) is 1. The number of hydrogen-bond donors (Lipinski definition) is 3. The van der Waals surface area contributed by atoms with Crippen LogP contribution in [0.2, 0.25) is 0 Å². The van der Waals surface area contributed by atoms with Crippen LogP contribution in [-0.2, 0) is 4.79 Å². The van der Waals surface area contributed by atoms with Crippen LogP contribution in [0.25, 0.3) is 10.9 Å². The standard InChI is InChI=1S/C22H20BrFN6O3/c1-3-20(31)29-18-10-14-17(11-19(18)33-8-7-26-22(32)25-4-2)27-12-28-21(14)30-16-6-5-13(23)9-15(16)24/h3-6,9-12H,1,7-8H2,2H3,(H,26,32)(H,29,31)(H,27,28,30). The van der Waals surface area contributed by atoms with Gasteiger partial charge in [-0.1, -0.05) is 22.5 Å². The van der Waals surface area contributed by atoms with E-state index in [1.54, 1.807) is 31.2 Å². The van der Waals surface area contributed by atoms with Crippen LogP contribution in [-0.4, -0.2) is 41.3 Å². The Kier molecular flexibility index (Phi) is 8.03.